The van der Waals surface area contributed by atoms with Crippen LogP contribution in [0, 0.1) is 23.2 Å². The molecule has 2 aromatic heterocycles. The van der Waals surface area contributed by atoms with Gasteiger partial charge >= 0.3 is 0 Å². The van der Waals surface area contributed by atoms with Gasteiger partial charge in [0.1, 0.15) is 11.3 Å². The van der Waals surface area contributed by atoms with Crippen LogP contribution in [0.15, 0.2) is 24.4 Å². The minimum Gasteiger partial charge on any atom is -0.353 e. The van der Waals surface area contributed by atoms with E-state index in [0.29, 0.717) is 22.5 Å². The predicted molar refractivity (Wildman–Crippen MR) is 120 cm³/mol. The molecular weight excluding hydrogens is 388 g/mol. The molecular formula is C25H34N4O2. The van der Waals surface area contributed by atoms with Crippen LogP contribution in [-0.4, -0.2) is 33.8 Å². The van der Waals surface area contributed by atoms with Gasteiger partial charge in [-0.15, -0.1) is 0 Å². The minimum atomic E-state index is -0.0469. The van der Waals surface area contributed by atoms with Gasteiger partial charge < -0.3 is 10.6 Å². The Bertz CT molecular complexity index is 959. The summed E-state index contributed by atoms with van der Waals surface area (Å²) in [4.78, 5) is 29.9. The molecule has 0 spiro atoms. The van der Waals surface area contributed by atoms with Crippen LogP contribution in [0.1, 0.15) is 75.0 Å². The van der Waals surface area contributed by atoms with Gasteiger partial charge in [-0.2, -0.15) is 0 Å². The molecule has 2 aromatic rings. The Morgan fingerprint density at radius 1 is 1.16 bits per heavy atom. The highest BCUT2D eigenvalue weighted by Gasteiger charge is 2.50. The number of hydrogen-bond donors (Lipinski definition) is 2. The third-order valence-electron chi connectivity index (χ3n) is 7.93. The molecule has 0 radical (unpaired) electrons. The van der Waals surface area contributed by atoms with E-state index in [0.717, 1.165) is 30.7 Å². The number of hydrogen-bond acceptors (Lipinski definition) is 3. The van der Waals surface area contributed by atoms with Gasteiger partial charge in [-0.05, 0) is 87.2 Å². The van der Waals surface area contributed by atoms with Crippen LogP contribution in [0.3, 0.4) is 0 Å². The first-order chi connectivity index (χ1) is 14.9. The van der Waals surface area contributed by atoms with Crippen molar-refractivity contribution >= 4 is 17.5 Å². The van der Waals surface area contributed by atoms with Crippen LogP contribution in [0.5, 0.6) is 0 Å². The normalized spacial score (nSPS) is 29.8. The lowest BCUT2D eigenvalue weighted by atomic mass is 9.49. The molecule has 2 heterocycles. The van der Waals surface area contributed by atoms with Crippen LogP contribution in [0.2, 0.25) is 0 Å². The van der Waals surface area contributed by atoms with Gasteiger partial charge in [0, 0.05) is 18.8 Å². The first-order valence-electron chi connectivity index (χ1n) is 12.0. The fraction of sp³-hybridized carbons (Fsp3) is 0.640. The summed E-state index contributed by atoms with van der Waals surface area (Å²) in [6.45, 7) is 4.82. The predicted octanol–water partition coefficient (Wildman–Crippen LogP) is 3.74. The van der Waals surface area contributed by atoms with E-state index in [2.05, 4.69) is 15.6 Å². The van der Waals surface area contributed by atoms with Gasteiger partial charge in [0.2, 0.25) is 5.91 Å². The summed E-state index contributed by atoms with van der Waals surface area (Å²) in [6, 6.07) is 5.74. The van der Waals surface area contributed by atoms with E-state index in [-0.39, 0.29) is 24.3 Å². The summed E-state index contributed by atoms with van der Waals surface area (Å²) in [5.74, 6) is 2.55. The van der Waals surface area contributed by atoms with E-state index in [1.54, 1.807) is 0 Å². The van der Waals surface area contributed by atoms with Crippen molar-refractivity contribution < 1.29 is 9.59 Å². The fourth-order valence-corrected chi connectivity index (χ4v) is 6.79. The van der Waals surface area contributed by atoms with Crippen molar-refractivity contribution in [2.75, 3.05) is 6.54 Å². The maximum atomic E-state index is 13.1. The Morgan fingerprint density at radius 3 is 2.48 bits per heavy atom. The van der Waals surface area contributed by atoms with E-state index < -0.39 is 0 Å². The van der Waals surface area contributed by atoms with Gasteiger partial charge in [0.15, 0.2) is 0 Å². The molecule has 0 aromatic carbocycles. The number of carbonyl (C=O) groups excluding carboxylic acids is 2. The number of amides is 2. The van der Waals surface area contributed by atoms with Crippen LogP contribution in [0.4, 0.5) is 0 Å². The Labute approximate surface area is 184 Å². The summed E-state index contributed by atoms with van der Waals surface area (Å²) in [5.41, 5.74) is 2.28. The Morgan fingerprint density at radius 2 is 1.84 bits per heavy atom. The molecule has 1 atom stereocenters. The Kier molecular flexibility index (Phi) is 5.27. The molecule has 2 amide bonds. The fourth-order valence-electron chi connectivity index (χ4n) is 6.79. The highest BCUT2D eigenvalue weighted by molar-refractivity contribution is 5.93. The highest BCUT2D eigenvalue weighted by atomic mass is 16.2. The van der Waals surface area contributed by atoms with Crippen molar-refractivity contribution in [1.29, 1.82) is 0 Å². The van der Waals surface area contributed by atoms with Crippen molar-refractivity contribution in [3.05, 3.63) is 35.8 Å². The first-order valence-corrected chi connectivity index (χ1v) is 12.0. The number of pyridine rings is 1. The number of nitrogens with one attached hydrogen (secondary N) is 2. The lowest BCUT2D eigenvalue weighted by Gasteiger charge is -2.56. The maximum Gasteiger partial charge on any atom is 0.268 e. The van der Waals surface area contributed by atoms with E-state index in [9.17, 15) is 9.59 Å². The molecule has 1 unspecified atom stereocenters. The van der Waals surface area contributed by atoms with Gasteiger partial charge in [-0.3, -0.25) is 14.0 Å². The second-order valence-electron chi connectivity index (χ2n) is 10.5. The van der Waals surface area contributed by atoms with Crippen molar-refractivity contribution in [3.8, 4) is 0 Å². The van der Waals surface area contributed by atoms with E-state index in [1.165, 1.54) is 38.5 Å². The lowest BCUT2D eigenvalue weighted by molar-refractivity contribution is -0.121. The van der Waals surface area contributed by atoms with Crippen LogP contribution >= 0.6 is 0 Å². The number of fused-ring (bicyclic) bond motifs is 1. The zero-order chi connectivity index (χ0) is 21.6. The van der Waals surface area contributed by atoms with Crippen molar-refractivity contribution in [3.63, 3.8) is 0 Å². The van der Waals surface area contributed by atoms with Crippen LogP contribution < -0.4 is 10.6 Å². The van der Waals surface area contributed by atoms with Gasteiger partial charge in [-0.25, -0.2) is 4.98 Å². The Hall–Kier alpha value is -2.37. The average Bonchev–Trinajstić information content (AvgIpc) is 3.13. The molecule has 4 aliphatic carbocycles. The monoisotopic (exact) mass is 422 g/mol. The molecule has 31 heavy (non-hydrogen) atoms. The third-order valence-corrected chi connectivity index (χ3v) is 7.93. The SMILES string of the molecule is CCC(C)NC(=O)Cc1cn2c(C(=O)NCC34CC5CC(CC(C5)C3)C4)cccc2n1. The van der Waals surface area contributed by atoms with Crippen molar-refractivity contribution in [1.82, 2.24) is 20.0 Å². The first kappa shape index (κ1) is 20.5. The van der Waals surface area contributed by atoms with Crippen molar-refractivity contribution in [2.45, 2.75) is 71.3 Å². The van der Waals surface area contributed by atoms with Gasteiger partial charge in [-0.1, -0.05) is 13.0 Å². The quantitative estimate of drug-likeness (QED) is 0.714. The molecule has 4 bridgehead atoms. The second-order valence-corrected chi connectivity index (χ2v) is 10.5. The summed E-state index contributed by atoms with van der Waals surface area (Å²) >= 11 is 0. The lowest BCUT2D eigenvalue weighted by Crippen LogP contribution is -2.51. The van der Waals surface area contributed by atoms with Crippen molar-refractivity contribution in [2.24, 2.45) is 23.2 Å². The number of aromatic nitrogens is 2. The zero-order valence-corrected chi connectivity index (χ0v) is 18.7. The van der Waals surface area contributed by atoms with Gasteiger partial charge in [0.05, 0.1) is 12.1 Å². The topological polar surface area (TPSA) is 75.5 Å². The maximum absolute atomic E-state index is 13.1. The minimum absolute atomic E-state index is 0.0365. The Balaban J connectivity index is 1.28. The van der Waals surface area contributed by atoms with Gasteiger partial charge in [0.25, 0.3) is 5.91 Å². The molecule has 6 heteroatoms. The highest BCUT2D eigenvalue weighted by Crippen LogP contribution is 2.59. The second kappa shape index (κ2) is 7.95. The molecule has 0 saturated heterocycles. The molecule has 2 N–H and O–H groups in total. The molecule has 6 rings (SSSR count). The van der Waals surface area contributed by atoms with E-state index in [1.807, 2.05) is 42.6 Å². The third kappa shape index (κ3) is 4.09. The summed E-state index contributed by atoms with van der Waals surface area (Å²) in [7, 11) is 0. The number of carbonyl (C=O) groups is 2. The number of rotatable bonds is 7. The number of nitrogens with zero attached hydrogens (tertiary/aromatic N) is 2. The zero-order valence-electron chi connectivity index (χ0n) is 18.7. The van der Waals surface area contributed by atoms with Crippen LogP contribution in [0.25, 0.3) is 5.65 Å². The number of imidazole rings is 1. The molecule has 4 saturated carbocycles. The van der Waals surface area contributed by atoms with E-state index in [4.69, 9.17) is 0 Å². The largest absolute Gasteiger partial charge is 0.353 e. The smallest absolute Gasteiger partial charge is 0.268 e. The van der Waals surface area contributed by atoms with Crippen LogP contribution in [-0.2, 0) is 11.2 Å². The average molecular weight is 423 g/mol. The summed E-state index contributed by atoms with van der Waals surface area (Å²) in [5, 5.41) is 6.24. The molecule has 6 nitrogen and oxygen atoms in total. The molecule has 4 fully saturated rings. The van der Waals surface area contributed by atoms with E-state index >= 15 is 0 Å². The standard InChI is InChI=1S/C25H34N4O2/c1-3-16(2)27-23(30)10-20-14-29-21(5-4-6-22(29)28-20)24(31)26-15-25-11-17-7-18(12-25)9-19(8-17)13-25/h4-6,14,16-19H,3,7-13,15H2,1-2H3,(H,26,31)(H,27,30). The summed E-state index contributed by atoms with van der Waals surface area (Å²) < 4.78 is 1.82. The summed E-state index contributed by atoms with van der Waals surface area (Å²) in [6.07, 6.45) is 11.0. The molecule has 0 aliphatic heterocycles. The molecule has 4 aliphatic rings. The molecule has 166 valence electrons.